The van der Waals surface area contributed by atoms with Crippen LogP contribution in [0, 0.1) is 0 Å². The highest BCUT2D eigenvalue weighted by atomic mass is 16.3. The minimum atomic E-state index is 0.159. The molecule has 14 heavy (non-hydrogen) atoms. The van der Waals surface area contributed by atoms with Crippen LogP contribution in [0.3, 0.4) is 0 Å². The lowest BCUT2D eigenvalue weighted by atomic mass is 9.91. The largest absolute Gasteiger partial charge is 0.508 e. The second-order valence-electron chi connectivity index (χ2n) is 3.12. The minimum Gasteiger partial charge on any atom is -0.508 e. The first-order valence-electron chi connectivity index (χ1n) is 5.12. The van der Waals surface area contributed by atoms with Crippen LogP contribution in [0.1, 0.15) is 42.6 Å². The van der Waals surface area contributed by atoms with Crippen LogP contribution in [0.2, 0.25) is 0 Å². The molecule has 2 heteroatoms. The monoisotopic (exact) mass is 192 g/mol. The SMILES string of the molecule is CC.O=C1CCCc2ccc(O)cc21. The number of rotatable bonds is 0. The first-order chi connectivity index (χ1) is 6.77. The first kappa shape index (κ1) is 10.8. The van der Waals surface area contributed by atoms with Gasteiger partial charge in [0.2, 0.25) is 0 Å². The van der Waals surface area contributed by atoms with Gasteiger partial charge >= 0.3 is 0 Å². The number of phenolic OH excluding ortho intramolecular Hbond substituents is 1. The molecule has 0 aromatic heterocycles. The number of carbonyl (C=O) groups excluding carboxylic acids is 1. The van der Waals surface area contributed by atoms with E-state index in [1.54, 1.807) is 12.1 Å². The van der Waals surface area contributed by atoms with Crippen molar-refractivity contribution in [3.63, 3.8) is 0 Å². The topological polar surface area (TPSA) is 37.3 Å². The maximum absolute atomic E-state index is 11.3. The second kappa shape index (κ2) is 4.80. The normalized spacial score (nSPS) is 14.0. The first-order valence-corrected chi connectivity index (χ1v) is 5.12. The number of carbonyl (C=O) groups is 1. The van der Waals surface area contributed by atoms with Crippen molar-refractivity contribution in [2.75, 3.05) is 0 Å². The molecule has 0 bridgehead atoms. The molecule has 0 fully saturated rings. The van der Waals surface area contributed by atoms with Gasteiger partial charge in [0.15, 0.2) is 5.78 Å². The van der Waals surface area contributed by atoms with E-state index in [9.17, 15) is 4.79 Å². The van der Waals surface area contributed by atoms with Crippen molar-refractivity contribution in [1.82, 2.24) is 0 Å². The van der Waals surface area contributed by atoms with Crippen LogP contribution in [-0.4, -0.2) is 10.9 Å². The molecule has 0 unspecified atom stereocenters. The van der Waals surface area contributed by atoms with Crippen LogP contribution in [0.25, 0.3) is 0 Å². The van der Waals surface area contributed by atoms with Crippen LogP contribution in [0.15, 0.2) is 18.2 Å². The Balaban J connectivity index is 0.000000461. The number of fused-ring (bicyclic) bond motifs is 1. The Hall–Kier alpha value is -1.31. The lowest BCUT2D eigenvalue weighted by Crippen LogP contribution is -2.09. The maximum Gasteiger partial charge on any atom is 0.163 e. The van der Waals surface area contributed by atoms with Crippen LogP contribution in [0.5, 0.6) is 5.75 Å². The summed E-state index contributed by atoms with van der Waals surface area (Å²) in [6.45, 7) is 4.00. The molecule has 0 amide bonds. The van der Waals surface area contributed by atoms with Gasteiger partial charge in [0.25, 0.3) is 0 Å². The number of Topliss-reactive ketones (excluding diaryl/α,β-unsaturated/α-hetero) is 1. The van der Waals surface area contributed by atoms with E-state index in [4.69, 9.17) is 5.11 Å². The Labute approximate surface area is 84.6 Å². The summed E-state index contributed by atoms with van der Waals surface area (Å²) in [5.74, 6) is 0.344. The molecule has 0 spiro atoms. The van der Waals surface area contributed by atoms with Crippen molar-refractivity contribution in [2.45, 2.75) is 33.1 Å². The summed E-state index contributed by atoms with van der Waals surface area (Å²) >= 11 is 0. The van der Waals surface area contributed by atoms with Gasteiger partial charge in [0.05, 0.1) is 0 Å². The summed E-state index contributed by atoms with van der Waals surface area (Å²) in [4.78, 5) is 11.3. The predicted molar refractivity (Wildman–Crippen MR) is 56.7 cm³/mol. The predicted octanol–water partition coefficient (Wildman–Crippen LogP) is 2.94. The molecule has 0 aliphatic heterocycles. The van der Waals surface area contributed by atoms with Gasteiger partial charge in [0.1, 0.15) is 5.75 Å². The number of ketones is 1. The zero-order valence-corrected chi connectivity index (χ0v) is 8.71. The number of benzene rings is 1. The highest BCUT2D eigenvalue weighted by Gasteiger charge is 2.16. The molecule has 0 atom stereocenters. The number of phenols is 1. The van der Waals surface area contributed by atoms with E-state index in [2.05, 4.69) is 0 Å². The third kappa shape index (κ3) is 2.13. The lowest BCUT2D eigenvalue weighted by Gasteiger charge is -2.13. The molecule has 1 aliphatic rings. The molecule has 1 aromatic rings. The van der Waals surface area contributed by atoms with Crippen LogP contribution < -0.4 is 0 Å². The van der Waals surface area contributed by atoms with Gasteiger partial charge < -0.3 is 5.11 Å². The van der Waals surface area contributed by atoms with E-state index in [-0.39, 0.29) is 11.5 Å². The third-order valence-electron chi connectivity index (χ3n) is 2.24. The number of aromatic hydroxyl groups is 1. The van der Waals surface area contributed by atoms with Gasteiger partial charge in [-0.2, -0.15) is 0 Å². The van der Waals surface area contributed by atoms with Crippen molar-refractivity contribution >= 4 is 5.78 Å². The van der Waals surface area contributed by atoms with E-state index in [1.165, 1.54) is 0 Å². The van der Waals surface area contributed by atoms with Crippen LogP contribution >= 0.6 is 0 Å². The highest BCUT2D eigenvalue weighted by molar-refractivity contribution is 5.98. The van der Waals surface area contributed by atoms with Crippen molar-refractivity contribution < 1.29 is 9.90 Å². The van der Waals surface area contributed by atoms with Crippen molar-refractivity contribution in [1.29, 1.82) is 0 Å². The number of hydrogen-bond donors (Lipinski definition) is 1. The van der Waals surface area contributed by atoms with Crippen molar-refractivity contribution in [2.24, 2.45) is 0 Å². The number of hydrogen-bond acceptors (Lipinski definition) is 2. The smallest absolute Gasteiger partial charge is 0.163 e. The molecule has 2 rings (SSSR count). The Bertz CT molecular complexity index is 329. The Kier molecular flexibility index (Phi) is 3.69. The maximum atomic E-state index is 11.3. The van der Waals surface area contributed by atoms with Gasteiger partial charge in [-0.05, 0) is 30.5 Å². The van der Waals surface area contributed by atoms with Crippen LogP contribution in [-0.2, 0) is 6.42 Å². The minimum absolute atomic E-state index is 0.159. The van der Waals surface area contributed by atoms with E-state index >= 15 is 0 Å². The molecular weight excluding hydrogens is 176 g/mol. The fourth-order valence-electron chi connectivity index (χ4n) is 1.62. The molecule has 1 N–H and O–H groups in total. The average Bonchev–Trinajstić information content (AvgIpc) is 2.22. The van der Waals surface area contributed by atoms with Crippen LogP contribution in [0.4, 0.5) is 0 Å². The molecule has 76 valence electrons. The summed E-state index contributed by atoms with van der Waals surface area (Å²) in [6.07, 6.45) is 2.52. The molecule has 0 saturated heterocycles. The fraction of sp³-hybridized carbons (Fsp3) is 0.417. The van der Waals surface area contributed by atoms with Crippen molar-refractivity contribution in [3.8, 4) is 5.75 Å². The van der Waals surface area contributed by atoms with E-state index in [0.29, 0.717) is 12.0 Å². The average molecular weight is 192 g/mol. The second-order valence-corrected chi connectivity index (χ2v) is 3.12. The van der Waals surface area contributed by atoms with Gasteiger partial charge in [0, 0.05) is 12.0 Å². The van der Waals surface area contributed by atoms with Gasteiger partial charge in [-0.15, -0.1) is 0 Å². The zero-order valence-electron chi connectivity index (χ0n) is 8.71. The Morgan fingerprint density at radius 1 is 1.21 bits per heavy atom. The quantitative estimate of drug-likeness (QED) is 0.686. The standard InChI is InChI=1S/C10H10O2.C2H6/c11-8-5-4-7-2-1-3-10(12)9(7)6-8;1-2/h4-6,11H,1-3H2;1-2H3. The summed E-state index contributed by atoms with van der Waals surface area (Å²) < 4.78 is 0. The highest BCUT2D eigenvalue weighted by Crippen LogP contribution is 2.24. The fourth-order valence-corrected chi connectivity index (χ4v) is 1.62. The number of aryl methyl sites for hydroxylation is 1. The molecule has 1 aliphatic carbocycles. The summed E-state index contributed by atoms with van der Waals surface area (Å²) in [5, 5.41) is 9.15. The third-order valence-corrected chi connectivity index (χ3v) is 2.24. The van der Waals surface area contributed by atoms with E-state index in [1.807, 2.05) is 19.9 Å². The summed E-state index contributed by atoms with van der Waals surface area (Å²) in [6, 6.07) is 5.04. The van der Waals surface area contributed by atoms with Gasteiger partial charge in [-0.1, -0.05) is 19.9 Å². The van der Waals surface area contributed by atoms with E-state index < -0.39 is 0 Å². The van der Waals surface area contributed by atoms with Gasteiger partial charge in [-0.3, -0.25) is 4.79 Å². The van der Waals surface area contributed by atoms with Crippen molar-refractivity contribution in [3.05, 3.63) is 29.3 Å². The molecule has 2 nitrogen and oxygen atoms in total. The Morgan fingerprint density at radius 3 is 2.64 bits per heavy atom. The molecule has 0 heterocycles. The Morgan fingerprint density at radius 2 is 1.93 bits per heavy atom. The molecule has 1 aromatic carbocycles. The molecular formula is C12H16O2. The zero-order chi connectivity index (χ0) is 10.6. The molecule has 0 saturated carbocycles. The van der Waals surface area contributed by atoms with Gasteiger partial charge in [-0.25, -0.2) is 0 Å². The van der Waals surface area contributed by atoms with E-state index in [0.717, 1.165) is 18.4 Å². The summed E-state index contributed by atoms with van der Waals surface area (Å²) in [5.41, 5.74) is 1.78. The molecule has 0 radical (unpaired) electrons. The summed E-state index contributed by atoms with van der Waals surface area (Å²) in [7, 11) is 0. The lowest BCUT2D eigenvalue weighted by molar-refractivity contribution is 0.0972.